The van der Waals surface area contributed by atoms with Gasteiger partial charge >= 0.3 is 0 Å². The molecule has 3 heteroatoms. The molecule has 3 nitrogen and oxygen atoms in total. The van der Waals surface area contributed by atoms with E-state index < -0.39 is 0 Å². The number of anilines is 1. The van der Waals surface area contributed by atoms with Crippen LogP contribution in [0.1, 0.15) is 0 Å². The van der Waals surface area contributed by atoms with Crippen LogP contribution in [-0.4, -0.2) is 9.55 Å². The van der Waals surface area contributed by atoms with Crippen LogP contribution in [0.3, 0.4) is 0 Å². The van der Waals surface area contributed by atoms with Crippen molar-refractivity contribution in [1.29, 1.82) is 0 Å². The van der Waals surface area contributed by atoms with Crippen molar-refractivity contribution in [2.75, 3.05) is 5.73 Å². The summed E-state index contributed by atoms with van der Waals surface area (Å²) in [6.07, 6.45) is 0. The van der Waals surface area contributed by atoms with Gasteiger partial charge in [0.05, 0.1) is 28.1 Å². The second-order valence-corrected chi connectivity index (χ2v) is 11.1. The van der Waals surface area contributed by atoms with Gasteiger partial charge in [-0.15, -0.1) is 0 Å². The van der Waals surface area contributed by atoms with Gasteiger partial charge in [0, 0.05) is 33.2 Å². The number of nitrogens with zero attached hydrogens (tertiary/aromatic N) is 2. The van der Waals surface area contributed by atoms with E-state index in [9.17, 15) is 0 Å². The van der Waals surface area contributed by atoms with Crippen molar-refractivity contribution in [3.63, 3.8) is 0 Å². The van der Waals surface area contributed by atoms with E-state index in [4.69, 9.17) is 10.7 Å². The molecular weight excluding hydrogens is 534 g/mol. The van der Waals surface area contributed by atoms with Crippen LogP contribution in [0.2, 0.25) is 0 Å². The van der Waals surface area contributed by atoms with Gasteiger partial charge in [-0.1, -0.05) is 115 Å². The maximum atomic E-state index is 6.44. The maximum absolute atomic E-state index is 6.44. The van der Waals surface area contributed by atoms with Gasteiger partial charge in [-0.25, -0.2) is 4.98 Å². The van der Waals surface area contributed by atoms with E-state index in [0.717, 1.165) is 56.1 Å². The molecule has 8 aromatic rings. The standard InChI is InChI=1S/C41H29N3/c42-33-22-23-41(44-39-20-9-7-18-34(39)35-19-8-10-21-40(35)44)36(27-33)31-17-11-16-30(24-31)32-25-37(28-12-3-1-4-13-28)43-38(26-32)29-14-5-2-6-15-29/h1-27H,42H2. The lowest BCUT2D eigenvalue weighted by Crippen LogP contribution is -1.99. The highest BCUT2D eigenvalue weighted by Gasteiger charge is 2.16. The highest BCUT2D eigenvalue weighted by atomic mass is 15.0. The van der Waals surface area contributed by atoms with Crippen LogP contribution in [0.25, 0.3) is 72.3 Å². The molecule has 0 unspecified atom stereocenters. The predicted octanol–water partition coefficient (Wildman–Crippen LogP) is 10.4. The van der Waals surface area contributed by atoms with Crippen molar-refractivity contribution in [3.05, 3.63) is 164 Å². The number of aromatic nitrogens is 2. The van der Waals surface area contributed by atoms with Crippen molar-refractivity contribution in [2.24, 2.45) is 0 Å². The normalized spacial score (nSPS) is 11.3. The zero-order valence-electron chi connectivity index (χ0n) is 24.1. The number of pyridine rings is 1. The van der Waals surface area contributed by atoms with Crippen LogP contribution in [0.15, 0.2) is 164 Å². The Labute approximate surface area is 256 Å². The molecule has 0 atom stereocenters. The fourth-order valence-corrected chi connectivity index (χ4v) is 6.24. The Bertz CT molecular complexity index is 2170. The average molecular weight is 564 g/mol. The van der Waals surface area contributed by atoms with E-state index in [0.29, 0.717) is 0 Å². The van der Waals surface area contributed by atoms with Gasteiger partial charge in [-0.2, -0.15) is 0 Å². The molecule has 0 saturated carbocycles. The third-order valence-electron chi connectivity index (χ3n) is 8.31. The van der Waals surface area contributed by atoms with E-state index >= 15 is 0 Å². The Balaban J connectivity index is 1.32. The van der Waals surface area contributed by atoms with E-state index in [2.05, 4.69) is 150 Å². The maximum Gasteiger partial charge on any atom is 0.0715 e. The first-order valence-corrected chi connectivity index (χ1v) is 14.8. The highest BCUT2D eigenvalue weighted by Crippen LogP contribution is 2.38. The fraction of sp³-hybridized carbons (Fsp3) is 0. The molecule has 0 amide bonds. The lowest BCUT2D eigenvalue weighted by atomic mass is 9.95. The summed E-state index contributed by atoms with van der Waals surface area (Å²) >= 11 is 0. The predicted molar refractivity (Wildman–Crippen MR) is 185 cm³/mol. The van der Waals surface area contributed by atoms with Gasteiger partial charge < -0.3 is 10.3 Å². The largest absolute Gasteiger partial charge is 0.399 e. The molecule has 0 aliphatic carbocycles. The molecule has 8 rings (SSSR count). The lowest BCUT2D eigenvalue weighted by molar-refractivity contribution is 1.18. The minimum Gasteiger partial charge on any atom is -0.399 e. The molecule has 208 valence electrons. The Morgan fingerprint density at radius 1 is 0.409 bits per heavy atom. The van der Waals surface area contributed by atoms with E-state index in [1.54, 1.807) is 0 Å². The Kier molecular flexibility index (Phi) is 6.28. The zero-order valence-corrected chi connectivity index (χ0v) is 24.1. The molecule has 44 heavy (non-hydrogen) atoms. The summed E-state index contributed by atoms with van der Waals surface area (Å²) in [4.78, 5) is 5.08. The smallest absolute Gasteiger partial charge is 0.0715 e. The number of hydrogen-bond donors (Lipinski definition) is 1. The van der Waals surface area contributed by atoms with Crippen molar-refractivity contribution >= 4 is 27.5 Å². The van der Waals surface area contributed by atoms with Gasteiger partial charge in [0.2, 0.25) is 0 Å². The molecule has 2 heterocycles. The minimum atomic E-state index is 0.733. The van der Waals surface area contributed by atoms with Crippen LogP contribution >= 0.6 is 0 Å². The molecule has 0 fully saturated rings. The molecular formula is C41H29N3. The molecule has 0 spiro atoms. The molecule has 0 aliphatic heterocycles. The zero-order chi connectivity index (χ0) is 29.5. The van der Waals surface area contributed by atoms with Crippen molar-refractivity contribution in [1.82, 2.24) is 9.55 Å². The van der Waals surface area contributed by atoms with Crippen molar-refractivity contribution in [3.8, 4) is 50.5 Å². The summed E-state index contributed by atoms with van der Waals surface area (Å²) in [6.45, 7) is 0. The highest BCUT2D eigenvalue weighted by molar-refractivity contribution is 6.09. The van der Waals surface area contributed by atoms with Crippen LogP contribution < -0.4 is 5.73 Å². The molecule has 2 N–H and O–H groups in total. The molecule has 0 saturated heterocycles. The second kappa shape index (κ2) is 10.7. The van der Waals surface area contributed by atoms with Gasteiger partial charge in [0.1, 0.15) is 0 Å². The monoisotopic (exact) mass is 563 g/mol. The summed E-state index contributed by atoms with van der Waals surface area (Å²) in [5.41, 5.74) is 19.1. The van der Waals surface area contributed by atoms with Crippen LogP contribution in [0, 0.1) is 0 Å². The van der Waals surface area contributed by atoms with E-state index in [-0.39, 0.29) is 0 Å². The summed E-state index contributed by atoms with van der Waals surface area (Å²) in [7, 11) is 0. The number of nitrogens with two attached hydrogens (primary N) is 1. The first kappa shape index (κ1) is 25.8. The van der Waals surface area contributed by atoms with Crippen molar-refractivity contribution in [2.45, 2.75) is 0 Å². The first-order valence-electron chi connectivity index (χ1n) is 14.8. The number of hydrogen-bond acceptors (Lipinski definition) is 2. The fourth-order valence-electron chi connectivity index (χ4n) is 6.24. The van der Waals surface area contributed by atoms with Gasteiger partial charge in [0.15, 0.2) is 0 Å². The summed E-state index contributed by atoms with van der Waals surface area (Å²) < 4.78 is 2.36. The molecule has 6 aromatic carbocycles. The van der Waals surface area contributed by atoms with Crippen LogP contribution in [0.5, 0.6) is 0 Å². The quantitative estimate of drug-likeness (QED) is 0.212. The topological polar surface area (TPSA) is 43.8 Å². The van der Waals surface area contributed by atoms with Gasteiger partial charge in [0.25, 0.3) is 0 Å². The Morgan fingerprint density at radius 2 is 0.932 bits per heavy atom. The molecule has 2 aromatic heterocycles. The number of benzene rings is 6. The second-order valence-electron chi connectivity index (χ2n) is 11.1. The van der Waals surface area contributed by atoms with Crippen LogP contribution in [0.4, 0.5) is 5.69 Å². The third kappa shape index (κ3) is 4.52. The number of rotatable bonds is 5. The minimum absolute atomic E-state index is 0.733. The van der Waals surface area contributed by atoms with Gasteiger partial charge in [-0.3, -0.25) is 0 Å². The lowest BCUT2D eigenvalue weighted by Gasteiger charge is -2.16. The molecule has 0 aliphatic rings. The van der Waals surface area contributed by atoms with E-state index in [1.807, 2.05) is 18.2 Å². The number of fused-ring (bicyclic) bond motifs is 3. The molecule has 0 radical (unpaired) electrons. The summed E-state index contributed by atoms with van der Waals surface area (Å²) in [5, 5.41) is 2.47. The molecule has 0 bridgehead atoms. The number of para-hydroxylation sites is 2. The Hall–Kier alpha value is -5.93. The van der Waals surface area contributed by atoms with E-state index in [1.165, 1.54) is 21.8 Å². The first-order chi connectivity index (χ1) is 21.7. The SMILES string of the molecule is Nc1ccc(-n2c3ccccc3c3ccccc32)c(-c2cccc(-c3cc(-c4ccccc4)nc(-c4ccccc4)c3)c2)c1. The Morgan fingerprint density at radius 3 is 1.55 bits per heavy atom. The van der Waals surface area contributed by atoms with Crippen molar-refractivity contribution < 1.29 is 0 Å². The summed E-state index contributed by atoms with van der Waals surface area (Å²) in [6, 6.07) is 57.3. The van der Waals surface area contributed by atoms with Gasteiger partial charge in [-0.05, 0) is 65.2 Å². The van der Waals surface area contributed by atoms with Crippen LogP contribution in [-0.2, 0) is 0 Å². The summed E-state index contributed by atoms with van der Waals surface area (Å²) in [5.74, 6) is 0. The third-order valence-corrected chi connectivity index (χ3v) is 8.31. The number of nitrogen functional groups attached to an aromatic ring is 1. The average Bonchev–Trinajstić information content (AvgIpc) is 3.43.